The van der Waals surface area contributed by atoms with Crippen molar-refractivity contribution in [3.05, 3.63) is 0 Å². The lowest BCUT2D eigenvalue weighted by molar-refractivity contribution is 0.0985. The number of hydrogen-bond donors (Lipinski definition) is 0. The van der Waals surface area contributed by atoms with Crippen LogP contribution in [-0.4, -0.2) is 22.5 Å². The molecule has 0 aromatic heterocycles. The Morgan fingerprint density at radius 2 is 1.93 bits per heavy atom. The van der Waals surface area contributed by atoms with E-state index >= 15 is 0 Å². The van der Waals surface area contributed by atoms with Crippen molar-refractivity contribution in [2.75, 3.05) is 6.61 Å². The molecular formula is C10H22O3Si. The van der Waals surface area contributed by atoms with Crippen LogP contribution in [0.2, 0.25) is 5.54 Å². The molecule has 0 atom stereocenters. The van der Waals surface area contributed by atoms with E-state index in [1.807, 2.05) is 0 Å². The second-order valence-electron chi connectivity index (χ2n) is 3.45. The second-order valence-corrected chi connectivity index (χ2v) is 5.22. The minimum absolute atomic E-state index is 0.461. The van der Waals surface area contributed by atoms with Crippen molar-refractivity contribution < 1.29 is 14.0 Å². The molecular weight excluding hydrogens is 196 g/mol. The summed E-state index contributed by atoms with van der Waals surface area (Å²) in [5.74, 6) is 0. The summed E-state index contributed by atoms with van der Waals surface area (Å²) in [5, 5.41) is 0. The highest BCUT2D eigenvalue weighted by Gasteiger charge is 2.09. The molecule has 0 aromatic carbocycles. The Hall–Kier alpha value is -0.513. The van der Waals surface area contributed by atoms with Crippen LogP contribution in [0.25, 0.3) is 0 Å². The molecule has 0 rings (SSSR count). The minimum atomic E-state index is -0.731. The number of carbonyl (C=O) groups excluding carboxylic acids is 1. The zero-order valence-corrected chi connectivity index (χ0v) is 11.0. The molecule has 14 heavy (non-hydrogen) atoms. The molecule has 0 aromatic rings. The molecule has 4 heteroatoms. The van der Waals surface area contributed by atoms with Crippen LogP contribution in [0.1, 0.15) is 46.5 Å². The predicted octanol–water partition coefficient (Wildman–Crippen LogP) is 2.63. The van der Waals surface area contributed by atoms with Crippen LogP contribution in [0, 0.1) is 0 Å². The van der Waals surface area contributed by atoms with Crippen LogP contribution in [0.3, 0.4) is 0 Å². The highest BCUT2D eigenvalue weighted by molar-refractivity contribution is 6.32. The Labute approximate surface area is 89.1 Å². The maximum Gasteiger partial charge on any atom is 0.493 e. The van der Waals surface area contributed by atoms with Crippen LogP contribution in [0.5, 0.6) is 0 Å². The largest absolute Gasteiger partial charge is 0.494 e. The van der Waals surface area contributed by atoms with Gasteiger partial charge in [-0.25, -0.2) is 4.79 Å². The standard InChI is InChI=1S/C10H22O3Si/c1-4-7-8-12-10(11)13-14-9(5-2)6-3/h9H,4-8,14H2,1-3H3. The van der Waals surface area contributed by atoms with Crippen LogP contribution in [0.4, 0.5) is 4.79 Å². The minimum Gasteiger partial charge on any atom is -0.494 e. The quantitative estimate of drug-likeness (QED) is 0.374. The first-order chi connectivity index (χ1) is 6.74. The number of unbranched alkanes of at least 4 members (excludes halogenated alkanes) is 1. The molecule has 0 aliphatic heterocycles. The van der Waals surface area contributed by atoms with Gasteiger partial charge in [0.15, 0.2) is 0 Å². The van der Waals surface area contributed by atoms with Gasteiger partial charge in [0.2, 0.25) is 9.76 Å². The zero-order chi connectivity index (χ0) is 10.8. The van der Waals surface area contributed by atoms with Crippen LogP contribution in [-0.2, 0) is 9.16 Å². The van der Waals surface area contributed by atoms with E-state index in [0.717, 1.165) is 25.7 Å². The van der Waals surface area contributed by atoms with E-state index in [1.165, 1.54) is 0 Å². The van der Waals surface area contributed by atoms with Crippen molar-refractivity contribution >= 4 is 15.9 Å². The second kappa shape index (κ2) is 9.06. The molecule has 0 radical (unpaired) electrons. The van der Waals surface area contributed by atoms with Gasteiger partial charge in [0.1, 0.15) is 0 Å². The van der Waals surface area contributed by atoms with Gasteiger partial charge in [-0.3, -0.25) is 0 Å². The van der Waals surface area contributed by atoms with Crippen LogP contribution >= 0.6 is 0 Å². The van der Waals surface area contributed by atoms with Gasteiger partial charge in [-0.15, -0.1) is 0 Å². The molecule has 0 heterocycles. The molecule has 0 spiro atoms. The Morgan fingerprint density at radius 3 is 2.43 bits per heavy atom. The number of ether oxygens (including phenoxy) is 1. The van der Waals surface area contributed by atoms with Gasteiger partial charge in [0.25, 0.3) is 0 Å². The van der Waals surface area contributed by atoms with E-state index in [0.29, 0.717) is 12.1 Å². The summed E-state index contributed by atoms with van der Waals surface area (Å²) in [6.45, 7) is 6.82. The fourth-order valence-electron chi connectivity index (χ4n) is 1.05. The SMILES string of the molecule is CCCCOC(=O)O[SiH2]C(CC)CC. The average Bonchev–Trinajstić information content (AvgIpc) is 2.20. The van der Waals surface area contributed by atoms with Gasteiger partial charge in [0, 0.05) is 0 Å². The van der Waals surface area contributed by atoms with Crippen molar-refractivity contribution in [3.63, 3.8) is 0 Å². The lowest BCUT2D eigenvalue weighted by Crippen LogP contribution is -2.15. The molecule has 0 aliphatic carbocycles. The lowest BCUT2D eigenvalue weighted by atomic mass is 10.3. The molecule has 0 saturated carbocycles. The van der Waals surface area contributed by atoms with Crippen molar-refractivity contribution in [1.82, 2.24) is 0 Å². The van der Waals surface area contributed by atoms with E-state index in [-0.39, 0.29) is 0 Å². The lowest BCUT2D eigenvalue weighted by Gasteiger charge is -2.11. The van der Waals surface area contributed by atoms with Gasteiger partial charge in [-0.1, -0.05) is 40.0 Å². The van der Waals surface area contributed by atoms with Crippen molar-refractivity contribution in [2.24, 2.45) is 0 Å². The molecule has 0 aliphatic rings. The molecule has 0 unspecified atom stereocenters. The van der Waals surface area contributed by atoms with E-state index < -0.39 is 15.9 Å². The monoisotopic (exact) mass is 218 g/mol. The number of rotatable bonds is 7. The normalized spacial score (nSPS) is 11.1. The average molecular weight is 218 g/mol. The molecule has 84 valence electrons. The van der Waals surface area contributed by atoms with Gasteiger partial charge in [-0.2, -0.15) is 0 Å². The molecule has 0 amide bonds. The van der Waals surface area contributed by atoms with E-state index in [1.54, 1.807) is 0 Å². The fourth-order valence-corrected chi connectivity index (χ4v) is 1.98. The third-order valence-electron chi connectivity index (χ3n) is 2.31. The third-order valence-corrected chi connectivity index (χ3v) is 4.34. The van der Waals surface area contributed by atoms with Crippen molar-refractivity contribution in [1.29, 1.82) is 0 Å². The molecule has 0 bridgehead atoms. The summed E-state index contributed by atoms with van der Waals surface area (Å²) < 4.78 is 10.0. The summed E-state index contributed by atoms with van der Waals surface area (Å²) >= 11 is 0. The predicted molar refractivity (Wildman–Crippen MR) is 60.2 cm³/mol. The van der Waals surface area contributed by atoms with Gasteiger partial charge >= 0.3 is 6.16 Å². The third kappa shape index (κ3) is 6.94. The number of hydrogen-bond acceptors (Lipinski definition) is 3. The first-order valence-electron chi connectivity index (χ1n) is 5.54. The summed E-state index contributed by atoms with van der Waals surface area (Å²) in [7, 11) is -0.731. The van der Waals surface area contributed by atoms with Gasteiger partial charge < -0.3 is 9.16 Å². The maximum atomic E-state index is 11.0. The van der Waals surface area contributed by atoms with Gasteiger partial charge in [-0.05, 0) is 12.0 Å². The number of carbonyl (C=O) groups is 1. The topological polar surface area (TPSA) is 35.5 Å². The zero-order valence-electron chi connectivity index (χ0n) is 9.54. The highest BCUT2D eigenvalue weighted by Crippen LogP contribution is 2.13. The Bertz CT molecular complexity index is 146. The smallest absolute Gasteiger partial charge is 0.493 e. The van der Waals surface area contributed by atoms with Crippen LogP contribution in [0.15, 0.2) is 0 Å². The Balaban J connectivity index is 3.42. The van der Waals surface area contributed by atoms with Crippen LogP contribution < -0.4 is 0 Å². The molecule has 3 nitrogen and oxygen atoms in total. The van der Waals surface area contributed by atoms with Crippen molar-refractivity contribution in [3.8, 4) is 0 Å². The van der Waals surface area contributed by atoms with E-state index in [9.17, 15) is 4.79 Å². The fraction of sp³-hybridized carbons (Fsp3) is 0.900. The van der Waals surface area contributed by atoms with E-state index in [2.05, 4.69) is 20.8 Å². The summed E-state index contributed by atoms with van der Waals surface area (Å²) in [6.07, 6.45) is 3.70. The van der Waals surface area contributed by atoms with Crippen molar-refractivity contribution in [2.45, 2.75) is 52.0 Å². The summed E-state index contributed by atoms with van der Waals surface area (Å²) in [5.41, 5.74) is 0.605. The Morgan fingerprint density at radius 1 is 1.29 bits per heavy atom. The highest BCUT2D eigenvalue weighted by atomic mass is 28.2. The first-order valence-corrected chi connectivity index (χ1v) is 6.93. The Kier molecular flexibility index (Phi) is 8.73. The summed E-state index contributed by atoms with van der Waals surface area (Å²) in [4.78, 5) is 11.0. The maximum absolute atomic E-state index is 11.0. The summed E-state index contributed by atoms with van der Waals surface area (Å²) in [6, 6.07) is 0. The molecule has 0 fully saturated rings. The van der Waals surface area contributed by atoms with E-state index in [4.69, 9.17) is 9.16 Å². The first kappa shape index (κ1) is 13.5. The van der Waals surface area contributed by atoms with Gasteiger partial charge in [0.05, 0.1) is 6.61 Å². The molecule has 0 N–H and O–H groups in total. The molecule has 0 saturated heterocycles.